The standard InChI is InChI=1S/C10H9BrN2O/c1-13-9-3-2-7(10(14)5-11)4-8(9)6-12-13/h2-4,6H,5H2,1H3. The van der Waals surface area contributed by atoms with Crippen molar-refractivity contribution in [3.63, 3.8) is 0 Å². The van der Waals surface area contributed by atoms with Crippen molar-refractivity contribution in [3.05, 3.63) is 30.0 Å². The molecule has 1 heterocycles. The zero-order valence-electron chi connectivity index (χ0n) is 7.70. The van der Waals surface area contributed by atoms with Gasteiger partial charge in [-0.05, 0) is 18.2 Å². The molecule has 0 saturated heterocycles. The lowest BCUT2D eigenvalue weighted by Crippen LogP contribution is -1.99. The molecule has 2 aromatic rings. The first kappa shape index (κ1) is 9.40. The molecule has 0 bridgehead atoms. The summed E-state index contributed by atoms with van der Waals surface area (Å²) < 4.78 is 1.79. The van der Waals surface area contributed by atoms with Crippen LogP contribution in [0.15, 0.2) is 24.4 Å². The minimum atomic E-state index is 0.0933. The molecule has 0 radical (unpaired) electrons. The average Bonchev–Trinajstić information content (AvgIpc) is 2.59. The Labute approximate surface area is 89.8 Å². The maximum Gasteiger partial charge on any atom is 0.173 e. The van der Waals surface area contributed by atoms with Crippen LogP contribution in [0.2, 0.25) is 0 Å². The Hall–Kier alpha value is -1.16. The van der Waals surface area contributed by atoms with Crippen LogP contribution in [0.25, 0.3) is 10.9 Å². The van der Waals surface area contributed by atoms with E-state index in [1.54, 1.807) is 10.9 Å². The lowest BCUT2D eigenvalue weighted by atomic mass is 10.1. The molecule has 2 rings (SSSR count). The molecule has 0 atom stereocenters. The van der Waals surface area contributed by atoms with Crippen molar-refractivity contribution < 1.29 is 4.79 Å². The van der Waals surface area contributed by atoms with Crippen molar-refractivity contribution in [2.24, 2.45) is 7.05 Å². The number of carbonyl (C=O) groups is 1. The second-order valence-electron chi connectivity index (χ2n) is 3.10. The Bertz CT molecular complexity index is 490. The highest BCUT2D eigenvalue weighted by molar-refractivity contribution is 9.09. The molecule has 0 fully saturated rings. The van der Waals surface area contributed by atoms with Gasteiger partial charge in [-0.2, -0.15) is 5.10 Å². The summed E-state index contributed by atoms with van der Waals surface area (Å²) in [5.41, 5.74) is 1.76. The van der Waals surface area contributed by atoms with Gasteiger partial charge in [0, 0.05) is 18.0 Å². The summed E-state index contributed by atoms with van der Waals surface area (Å²) in [5, 5.41) is 5.47. The molecule has 1 aromatic heterocycles. The number of hydrogen-bond acceptors (Lipinski definition) is 2. The SMILES string of the molecule is Cn1ncc2cc(C(=O)CBr)ccc21. The van der Waals surface area contributed by atoms with Gasteiger partial charge in [0.05, 0.1) is 17.0 Å². The van der Waals surface area contributed by atoms with E-state index < -0.39 is 0 Å². The zero-order chi connectivity index (χ0) is 10.1. The first-order valence-corrected chi connectivity index (χ1v) is 5.35. The second-order valence-corrected chi connectivity index (χ2v) is 3.66. The van der Waals surface area contributed by atoms with Crippen LogP contribution in [-0.2, 0) is 7.05 Å². The molecule has 0 N–H and O–H groups in total. The molecule has 1 aromatic carbocycles. The van der Waals surface area contributed by atoms with Gasteiger partial charge < -0.3 is 0 Å². The predicted molar refractivity (Wildman–Crippen MR) is 58.8 cm³/mol. The smallest absolute Gasteiger partial charge is 0.173 e. The lowest BCUT2D eigenvalue weighted by molar-refractivity contribution is 0.102. The van der Waals surface area contributed by atoms with Crippen LogP contribution in [-0.4, -0.2) is 20.9 Å². The normalized spacial score (nSPS) is 10.7. The van der Waals surface area contributed by atoms with Gasteiger partial charge in [-0.1, -0.05) is 15.9 Å². The fraction of sp³-hybridized carbons (Fsp3) is 0.200. The minimum Gasteiger partial charge on any atom is -0.293 e. The van der Waals surface area contributed by atoms with Gasteiger partial charge in [0.15, 0.2) is 5.78 Å². The van der Waals surface area contributed by atoms with E-state index in [0.717, 1.165) is 16.5 Å². The first-order valence-electron chi connectivity index (χ1n) is 4.23. The van der Waals surface area contributed by atoms with E-state index in [1.165, 1.54) is 0 Å². The van der Waals surface area contributed by atoms with E-state index in [-0.39, 0.29) is 5.78 Å². The summed E-state index contributed by atoms with van der Waals surface area (Å²) >= 11 is 3.15. The highest BCUT2D eigenvalue weighted by atomic mass is 79.9. The Morgan fingerprint density at radius 1 is 1.57 bits per heavy atom. The predicted octanol–water partition coefficient (Wildman–Crippen LogP) is 2.15. The largest absolute Gasteiger partial charge is 0.293 e. The number of aromatic nitrogens is 2. The average molecular weight is 253 g/mol. The maximum absolute atomic E-state index is 11.4. The number of hydrogen-bond donors (Lipinski definition) is 0. The van der Waals surface area contributed by atoms with Crippen molar-refractivity contribution in [2.45, 2.75) is 0 Å². The molecule has 0 spiro atoms. The van der Waals surface area contributed by atoms with Gasteiger partial charge in [0.25, 0.3) is 0 Å². The Balaban J connectivity index is 2.57. The van der Waals surface area contributed by atoms with Crippen molar-refractivity contribution in [1.29, 1.82) is 0 Å². The lowest BCUT2D eigenvalue weighted by Gasteiger charge is -1.98. The van der Waals surface area contributed by atoms with Gasteiger partial charge in [0.1, 0.15) is 0 Å². The number of ketones is 1. The number of carbonyl (C=O) groups excluding carboxylic acids is 1. The number of fused-ring (bicyclic) bond motifs is 1. The number of Topliss-reactive ketones (excluding diaryl/α,β-unsaturated/α-hetero) is 1. The van der Waals surface area contributed by atoms with Crippen LogP contribution in [0.3, 0.4) is 0 Å². The molecule has 0 aliphatic rings. The second kappa shape index (κ2) is 3.53. The number of halogens is 1. The minimum absolute atomic E-state index is 0.0933. The Morgan fingerprint density at radius 3 is 3.07 bits per heavy atom. The summed E-state index contributed by atoms with van der Waals surface area (Å²) in [7, 11) is 1.88. The van der Waals surface area contributed by atoms with Crippen LogP contribution in [0.5, 0.6) is 0 Å². The van der Waals surface area contributed by atoms with E-state index >= 15 is 0 Å². The van der Waals surface area contributed by atoms with Gasteiger partial charge in [-0.15, -0.1) is 0 Å². The third kappa shape index (κ3) is 1.46. The summed E-state index contributed by atoms with van der Waals surface area (Å²) in [6.07, 6.45) is 1.76. The zero-order valence-corrected chi connectivity index (χ0v) is 9.28. The molecule has 0 saturated carbocycles. The first-order chi connectivity index (χ1) is 6.72. The third-order valence-electron chi connectivity index (χ3n) is 2.19. The molecule has 3 nitrogen and oxygen atoms in total. The topological polar surface area (TPSA) is 34.9 Å². The van der Waals surface area contributed by atoms with Crippen molar-refractivity contribution >= 4 is 32.6 Å². The Morgan fingerprint density at radius 2 is 2.36 bits per heavy atom. The third-order valence-corrected chi connectivity index (χ3v) is 2.70. The summed E-state index contributed by atoms with van der Waals surface area (Å²) in [6.45, 7) is 0. The number of nitrogens with zero attached hydrogens (tertiary/aromatic N) is 2. The van der Waals surface area contributed by atoms with Gasteiger partial charge in [0.2, 0.25) is 0 Å². The number of benzene rings is 1. The monoisotopic (exact) mass is 252 g/mol. The van der Waals surface area contributed by atoms with Crippen LogP contribution >= 0.6 is 15.9 Å². The molecule has 0 amide bonds. The summed E-state index contributed by atoms with van der Waals surface area (Å²) in [4.78, 5) is 11.4. The van der Waals surface area contributed by atoms with E-state index in [0.29, 0.717) is 5.33 Å². The number of aryl methyl sites for hydroxylation is 1. The highest BCUT2D eigenvalue weighted by Crippen LogP contribution is 2.15. The molecule has 0 unspecified atom stereocenters. The summed E-state index contributed by atoms with van der Waals surface area (Å²) in [6, 6.07) is 5.61. The van der Waals surface area contributed by atoms with Crippen LogP contribution in [0.4, 0.5) is 0 Å². The number of alkyl halides is 1. The molecule has 0 aliphatic heterocycles. The van der Waals surface area contributed by atoms with Crippen molar-refractivity contribution in [3.8, 4) is 0 Å². The van der Waals surface area contributed by atoms with Crippen LogP contribution in [0.1, 0.15) is 10.4 Å². The highest BCUT2D eigenvalue weighted by Gasteiger charge is 2.06. The van der Waals surface area contributed by atoms with Gasteiger partial charge in [-0.3, -0.25) is 9.48 Å². The quantitative estimate of drug-likeness (QED) is 0.607. The van der Waals surface area contributed by atoms with E-state index in [9.17, 15) is 4.79 Å². The Kier molecular flexibility index (Phi) is 2.37. The fourth-order valence-corrected chi connectivity index (χ4v) is 1.74. The molecular formula is C10H9BrN2O. The maximum atomic E-state index is 11.4. The van der Waals surface area contributed by atoms with E-state index in [1.807, 2.05) is 25.2 Å². The van der Waals surface area contributed by atoms with E-state index in [4.69, 9.17) is 0 Å². The summed E-state index contributed by atoms with van der Waals surface area (Å²) in [5.74, 6) is 0.0933. The molecule has 14 heavy (non-hydrogen) atoms. The molecule has 0 aliphatic carbocycles. The van der Waals surface area contributed by atoms with Crippen molar-refractivity contribution in [1.82, 2.24) is 9.78 Å². The van der Waals surface area contributed by atoms with Crippen molar-refractivity contribution in [2.75, 3.05) is 5.33 Å². The molecular weight excluding hydrogens is 244 g/mol. The van der Waals surface area contributed by atoms with Crippen LogP contribution in [0, 0.1) is 0 Å². The number of rotatable bonds is 2. The van der Waals surface area contributed by atoms with Crippen LogP contribution < -0.4 is 0 Å². The molecule has 72 valence electrons. The fourth-order valence-electron chi connectivity index (χ4n) is 1.41. The molecule has 4 heteroatoms. The van der Waals surface area contributed by atoms with E-state index in [2.05, 4.69) is 21.0 Å². The van der Waals surface area contributed by atoms with Gasteiger partial charge in [-0.25, -0.2) is 0 Å². The van der Waals surface area contributed by atoms with Gasteiger partial charge >= 0.3 is 0 Å².